The first-order chi connectivity index (χ1) is 11.6. The van der Waals surface area contributed by atoms with Crippen LogP contribution < -0.4 is 4.90 Å². The molecule has 2 aliphatic rings. The van der Waals surface area contributed by atoms with Gasteiger partial charge < -0.3 is 14.3 Å². The fraction of sp³-hybridized carbons (Fsp3) is 0.389. The Balaban J connectivity index is 1.51. The van der Waals surface area contributed by atoms with Crippen LogP contribution in [0.1, 0.15) is 29.0 Å². The standard InChI is InChI=1S/C18H19N3O3/c1-13-3-2-4-14(9-13)21-12-18(10-16(21)22)6-8-20(11-18)17(23)15-5-7-19-24-15/h2-5,7,9H,6,8,10-12H2,1H3/t18-/m1/s1. The summed E-state index contributed by atoms with van der Waals surface area (Å²) in [5, 5.41) is 3.59. The van der Waals surface area contributed by atoms with Crippen molar-refractivity contribution in [2.24, 2.45) is 5.41 Å². The number of hydrogen-bond donors (Lipinski definition) is 0. The van der Waals surface area contributed by atoms with Gasteiger partial charge in [0, 0.05) is 43.2 Å². The Labute approximate surface area is 140 Å². The maximum atomic E-state index is 12.5. The van der Waals surface area contributed by atoms with Gasteiger partial charge in [-0.3, -0.25) is 9.59 Å². The van der Waals surface area contributed by atoms with Gasteiger partial charge in [0.15, 0.2) is 0 Å². The normalized spacial score (nSPS) is 23.5. The summed E-state index contributed by atoms with van der Waals surface area (Å²) < 4.78 is 4.96. The number of aryl methyl sites for hydroxylation is 1. The molecule has 0 radical (unpaired) electrons. The lowest BCUT2D eigenvalue weighted by Gasteiger charge is -2.24. The summed E-state index contributed by atoms with van der Waals surface area (Å²) >= 11 is 0. The average molecular weight is 325 g/mol. The summed E-state index contributed by atoms with van der Waals surface area (Å²) in [4.78, 5) is 28.6. The highest BCUT2D eigenvalue weighted by molar-refractivity contribution is 5.97. The van der Waals surface area contributed by atoms with Crippen LogP contribution in [0.3, 0.4) is 0 Å². The van der Waals surface area contributed by atoms with Crippen molar-refractivity contribution in [3.8, 4) is 0 Å². The van der Waals surface area contributed by atoms with Crippen molar-refractivity contribution < 1.29 is 14.1 Å². The zero-order valence-corrected chi connectivity index (χ0v) is 13.6. The number of carbonyl (C=O) groups is 2. The fourth-order valence-electron chi connectivity index (χ4n) is 3.79. The third-order valence-corrected chi connectivity index (χ3v) is 5.01. The summed E-state index contributed by atoms with van der Waals surface area (Å²) in [5.74, 6) is 0.243. The molecule has 0 bridgehead atoms. The second kappa shape index (κ2) is 5.47. The fourth-order valence-corrected chi connectivity index (χ4v) is 3.79. The number of likely N-dealkylation sites (tertiary alicyclic amines) is 1. The van der Waals surface area contributed by atoms with Crippen LogP contribution in [0.25, 0.3) is 0 Å². The third kappa shape index (κ3) is 2.48. The highest BCUT2D eigenvalue weighted by Crippen LogP contribution is 2.42. The minimum Gasteiger partial charge on any atom is -0.351 e. The van der Waals surface area contributed by atoms with Crippen LogP contribution in [-0.4, -0.2) is 41.5 Å². The maximum Gasteiger partial charge on any atom is 0.292 e. The SMILES string of the molecule is Cc1cccc(N2C[C@]3(CCN(C(=O)c4ccno4)C3)CC2=O)c1. The second-order valence-electron chi connectivity index (χ2n) is 6.85. The molecule has 0 unspecified atom stereocenters. The van der Waals surface area contributed by atoms with Crippen molar-refractivity contribution in [2.45, 2.75) is 19.8 Å². The lowest BCUT2D eigenvalue weighted by atomic mass is 9.86. The molecule has 0 N–H and O–H groups in total. The van der Waals surface area contributed by atoms with Gasteiger partial charge in [0.1, 0.15) is 0 Å². The molecular formula is C18H19N3O3. The molecule has 2 aliphatic heterocycles. The van der Waals surface area contributed by atoms with Crippen LogP contribution in [0.2, 0.25) is 0 Å². The van der Waals surface area contributed by atoms with E-state index in [0.717, 1.165) is 17.7 Å². The molecule has 1 spiro atoms. The number of hydrogen-bond acceptors (Lipinski definition) is 4. The van der Waals surface area contributed by atoms with Crippen molar-refractivity contribution in [3.05, 3.63) is 47.9 Å². The molecular weight excluding hydrogens is 306 g/mol. The molecule has 1 aromatic heterocycles. The van der Waals surface area contributed by atoms with Gasteiger partial charge in [-0.1, -0.05) is 17.3 Å². The highest BCUT2D eigenvalue weighted by Gasteiger charge is 2.49. The molecule has 3 heterocycles. The predicted octanol–water partition coefficient (Wildman–Crippen LogP) is 2.25. The summed E-state index contributed by atoms with van der Waals surface area (Å²) in [6.07, 6.45) is 2.79. The van der Waals surface area contributed by atoms with Crippen LogP contribution in [0.4, 0.5) is 5.69 Å². The van der Waals surface area contributed by atoms with E-state index in [4.69, 9.17) is 4.52 Å². The van der Waals surface area contributed by atoms with Crippen molar-refractivity contribution in [3.63, 3.8) is 0 Å². The number of aromatic nitrogens is 1. The van der Waals surface area contributed by atoms with E-state index < -0.39 is 0 Å². The summed E-state index contributed by atoms with van der Waals surface area (Å²) in [6.45, 7) is 3.91. The van der Waals surface area contributed by atoms with Gasteiger partial charge in [0.25, 0.3) is 5.91 Å². The minimum absolute atomic E-state index is 0.134. The van der Waals surface area contributed by atoms with Gasteiger partial charge in [-0.25, -0.2) is 0 Å². The Bertz CT molecular complexity index is 787. The Kier molecular flexibility index (Phi) is 3.40. The highest BCUT2D eigenvalue weighted by atomic mass is 16.5. The molecule has 1 atom stereocenters. The van der Waals surface area contributed by atoms with E-state index in [1.165, 1.54) is 6.20 Å². The van der Waals surface area contributed by atoms with Gasteiger partial charge in [-0.15, -0.1) is 0 Å². The number of anilines is 1. The number of benzene rings is 1. The molecule has 2 saturated heterocycles. The number of rotatable bonds is 2. The van der Waals surface area contributed by atoms with Gasteiger partial charge in [-0.05, 0) is 31.0 Å². The van der Waals surface area contributed by atoms with Gasteiger partial charge in [0.05, 0.1) is 6.20 Å². The first kappa shape index (κ1) is 14.9. The van der Waals surface area contributed by atoms with Crippen LogP contribution in [-0.2, 0) is 4.79 Å². The Morgan fingerprint density at radius 1 is 1.29 bits per heavy atom. The Morgan fingerprint density at radius 3 is 2.92 bits per heavy atom. The molecule has 24 heavy (non-hydrogen) atoms. The largest absolute Gasteiger partial charge is 0.351 e. The Morgan fingerprint density at radius 2 is 2.17 bits per heavy atom. The second-order valence-corrected chi connectivity index (χ2v) is 6.85. The molecule has 4 rings (SSSR count). The number of amides is 2. The van der Waals surface area contributed by atoms with Crippen LogP contribution in [0.5, 0.6) is 0 Å². The Hall–Kier alpha value is -2.63. The molecule has 0 saturated carbocycles. The molecule has 1 aromatic carbocycles. The minimum atomic E-state index is -0.156. The molecule has 6 nitrogen and oxygen atoms in total. The van der Waals surface area contributed by atoms with Crippen LogP contribution in [0.15, 0.2) is 41.1 Å². The van der Waals surface area contributed by atoms with Crippen molar-refractivity contribution >= 4 is 17.5 Å². The number of nitrogens with zero attached hydrogens (tertiary/aromatic N) is 3. The molecule has 2 amide bonds. The van der Waals surface area contributed by atoms with Crippen molar-refractivity contribution in [1.29, 1.82) is 0 Å². The van der Waals surface area contributed by atoms with Gasteiger partial charge >= 0.3 is 0 Å². The van der Waals surface area contributed by atoms with E-state index in [9.17, 15) is 9.59 Å². The average Bonchev–Trinajstić information content (AvgIpc) is 3.28. The van der Waals surface area contributed by atoms with E-state index in [-0.39, 0.29) is 23.0 Å². The molecule has 6 heteroatoms. The molecule has 0 aliphatic carbocycles. The zero-order valence-electron chi connectivity index (χ0n) is 13.6. The smallest absolute Gasteiger partial charge is 0.292 e. The maximum absolute atomic E-state index is 12.5. The van der Waals surface area contributed by atoms with Crippen LogP contribution in [0, 0.1) is 12.3 Å². The summed E-state index contributed by atoms with van der Waals surface area (Å²) in [7, 11) is 0. The quantitative estimate of drug-likeness (QED) is 0.849. The van der Waals surface area contributed by atoms with E-state index in [1.54, 1.807) is 11.0 Å². The molecule has 2 aromatic rings. The topological polar surface area (TPSA) is 66.7 Å². The van der Waals surface area contributed by atoms with E-state index >= 15 is 0 Å². The molecule has 124 valence electrons. The van der Waals surface area contributed by atoms with Crippen molar-refractivity contribution in [2.75, 3.05) is 24.5 Å². The van der Waals surface area contributed by atoms with Crippen LogP contribution >= 0.6 is 0 Å². The molecule has 2 fully saturated rings. The lowest BCUT2D eigenvalue weighted by Crippen LogP contribution is -2.34. The monoisotopic (exact) mass is 325 g/mol. The first-order valence-corrected chi connectivity index (χ1v) is 8.13. The van der Waals surface area contributed by atoms with E-state index in [2.05, 4.69) is 5.16 Å². The zero-order chi connectivity index (χ0) is 16.7. The van der Waals surface area contributed by atoms with Gasteiger partial charge in [0.2, 0.25) is 11.7 Å². The van der Waals surface area contributed by atoms with Crippen molar-refractivity contribution in [1.82, 2.24) is 10.1 Å². The third-order valence-electron chi connectivity index (χ3n) is 5.01. The van der Waals surface area contributed by atoms with Gasteiger partial charge in [-0.2, -0.15) is 0 Å². The number of carbonyl (C=O) groups excluding carboxylic acids is 2. The van der Waals surface area contributed by atoms with E-state index in [1.807, 2.05) is 36.1 Å². The predicted molar refractivity (Wildman–Crippen MR) is 87.6 cm³/mol. The first-order valence-electron chi connectivity index (χ1n) is 8.13. The lowest BCUT2D eigenvalue weighted by molar-refractivity contribution is -0.117. The summed E-state index contributed by atoms with van der Waals surface area (Å²) in [5.41, 5.74) is 1.92. The van der Waals surface area contributed by atoms with E-state index in [0.29, 0.717) is 26.1 Å². The summed E-state index contributed by atoms with van der Waals surface area (Å²) in [6, 6.07) is 9.57.